The maximum Gasteiger partial charge on any atom is 0.127 e. The zero-order valence-corrected chi connectivity index (χ0v) is 10.6. The molecular weight excluding hydrogens is 242 g/mol. The number of thiazole rings is 1. The van der Waals surface area contributed by atoms with Crippen molar-refractivity contribution in [2.24, 2.45) is 0 Å². The van der Waals surface area contributed by atoms with E-state index in [9.17, 15) is 0 Å². The molecular formula is C15H13NOS. The number of ether oxygens (including phenoxy) is 1. The SMILES string of the molecule is c1ccc(Oc2ccccc2)cc1.c1cscn1. The molecule has 0 atom stereocenters. The molecule has 2 aromatic carbocycles. The van der Waals surface area contributed by atoms with Gasteiger partial charge in [-0.15, -0.1) is 11.3 Å². The average Bonchev–Trinajstić information content (AvgIpc) is 3.00. The molecule has 3 aromatic rings. The highest BCUT2D eigenvalue weighted by Crippen LogP contribution is 2.19. The van der Waals surface area contributed by atoms with Crippen LogP contribution in [0.5, 0.6) is 11.5 Å². The van der Waals surface area contributed by atoms with Crippen molar-refractivity contribution in [2.75, 3.05) is 0 Å². The van der Waals surface area contributed by atoms with Crippen LogP contribution < -0.4 is 4.74 Å². The maximum absolute atomic E-state index is 5.58. The molecule has 1 heterocycles. The fourth-order valence-corrected chi connectivity index (χ4v) is 1.64. The van der Waals surface area contributed by atoms with Crippen molar-refractivity contribution >= 4 is 11.3 Å². The van der Waals surface area contributed by atoms with Crippen LogP contribution in [0, 0.1) is 0 Å². The van der Waals surface area contributed by atoms with Crippen molar-refractivity contribution in [1.82, 2.24) is 4.98 Å². The van der Waals surface area contributed by atoms with E-state index in [0.29, 0.717) is 0 Å². The Morgan fingerprint density at radius 3 is 1.67 bits per heavy atom. The summed E-state index contributed by atoms with van der Waals surface area (Å²) in [6.07, 6.45) is 1.77. The first-order valence-electron chi connectivity index (χ1n) is 5.55. The first-order valence-corrected chi connectivity index (χ1v) is 6.49. The summed E-state index contributed by atoms with van der Waals surface area (Å²) >= 11 is 1.60. The van der Waals surface area contributed by atoms with Gasteiger partial charge in [-0.3, -0.25) is 4.98 Å². The highest BCUT2D eigenvalue weighted by Gasteiger charge is 1.92. The van der Waals surface area contributed by atoms with Crippen molar-refractivity contribution in [3.8, 4) is 11.5 Å². The highest BCUT2D eigenvalue weighted by molar-refractivity contribution is 7.07. The lowest BCUT2D eigenvalue weighted by Crippen LogP contribution is -1.81. The normalized spacial score (nSPS) is 9.11. The number of rotatable bonds is 2. The molecule has 0 unspecified atom stereocenters. The van der Waals surface area contributed by atoms with Crippen LogP contribution in [0.25, 0.3) is 0 Å². The van der Waals surface area contributed by atoms with E-state index in [-0.39, 0.29) is 0 Å². The average molecular weight is 255 g/mol. The lowest BCUT2D eigenvalue weighted by Gasteiger charge is -2.03. The van der Waals surface area contributed by atoms with E-state index in [2.05, 4.69) is 4.98 Å². The number of aromatic nitrogens is 1. The molecule has 0 saturated carbocycles. The quantitative estimate of drug-likeness (QED) is 0.666. The van der Waals surface area contributed by atoms with Gasteiger partial charge in [-0.1, -0.05) is 36.4 Å². The topological polar surface area (TPSA) is 22.1 Å². The summed E-state index contributed by atoms with van der Waals surface area (Å²) in [6.45, 7) is 0. The van der Waals surface area contributed by atoms with E-state index < -0.39 is 0 Å². The zero-order valence-electron chi connectivity index (χ0n) is 9.77. The van der Waals surface area contributed by atoms with Crippen LogP contribution in [0.4, 0.5) is 0 Å². The number of para-hydroxylation sites is 2. The Kier molecular flexibility index (Phi) is 4.96. The van der Waals surface area contributed by atoms with Crippen LogP contribution in [0.3, 0.4) is 0 Å². The minimum atomic E-state index is 0.869. The van der Waals surface area contributed by atoms with Gasteiger partial charge in [0.1, 0.15) is 11.5 Å². The van der Waals surface area contributed by atoms with E-state index in [4.69, 9.17) is 4.74 Å². The largest absolute Gasteiger partial charge is 0.457 e. The maximum atomic E-state index is 5.58. The van der Waals surface area contributed by atoms with Crippen LogP contribution in [-0.4, -0.2) is 4.98 Å². The molecule has 2 nitrogen and oxygen atoms in total. The zero-order chi connectivity index (χ0) is 12.5. The molecule has 3 heteroatoms. The van der Waals surface area contributed by atoms with Gasteiger partial charge in [-0.05, 0) is 24.3 Å². The predicted octanol–water partition coefficient (Wildman–Crippen LogP) is 4.62. The fraction of sp³-hybridized carbons (Fsp3) is 0. The monoisotopic (exact) mass is 255 g/mol. The number of hydrogen-bond acceptors (Lipinski definition) is 3. The Labute approximate surface area is 111 Å². The summed E-state index contributed by atoms with van der Waals surface area (Å²) < 4.78 is 5.58. The number of hydrogen-bond donors (Lipinski definition) is 0. The minimum absolute atomic E-state index is 0.869. The first kappa shape index (κ1) is 12.3. The molecule has 0 N–H and O–H groups in total. The third kappa shape index (κ3) is 4.39. The van der Waals surface area contributed by atoms with Gasteiger partial charge in [0, 0.05) is 11.6 Å². The molecule has 0 spiro atoms. The highest BCUT2D eigenvalue weighted by atomic mass is 32.1. The molecule has 1 aromatic heterocycles. The molecule has 0 aliphatic carbocycles. The third-order valence-electron chi connectivity index (χ3n) is 2.07. The van der Waals surface area contributed by atoms with E-state index in [1.54, 1.807) is 23.0 Å². The molecule has 0 fully saturated rings. The van der Waals surface area contributed by atoms with E-state index in [1.807, 2.05) is 66.0 Å². The Balaban J connectivity index is 0.000000202. The first-order chi connectivity index (χ1) is 8.95. The molecule has 90 valence electrons. The van der Waals surface area contributed by atoms with Crippen molar-refractivity contribution < 1.29 is 4.74 Å². The predicted molar refractivity (Wildman–Crippen MR) is 75.1 cm³/mol. The Morgan fingerprint density at radius 2 is 1.33 bits per heavy atom. The molecule has 0 saturated heterocycles. The second kappa shape index (κ2) is 7.25. The Hall–Kier alpha value is -2.13. The van der Waals surface area contributed by atoms with Gasteiger partial charge in [0.15, 0.2) is 0 Å². The van der Waals surface area contributed by atoms with Crippen molar-refractivity contribution in [3.05, 3.63) is 77.8 Å². The fourth-order valence-electron chi connectivity index (χ4n) is 1.29. The van der Waals surface area contributed by atoms with Crippen molar-refractivity contribution in [2.45, 2.75) is 0 Å². The molecule has 18 heavy (non-hydrogen) atoms. The second-order valence-electron chi connectivity index (χ2n) is 3.40. The van der Waals surface area contributed by atoms with Gasteiger partial charge in [-0.25, -0.2) is 0 Å². The summed E-state index contributed by atoms with van der Waals surface area (Å²) in [4.78, 5) is 3.74. The van der Waals surface area contributed by atoms with Gasteiger partial charge in [-0.2, -0.15) is 0 Å². The Morgan fingerprint density at radius 1 is 0.778 bits per heavy atom. The van der Waals surface area contributed by atoms with E-state index in [0.717, 1.165) is 11.5 Å². The summed E-state index contributed by atoms with van der Waals surface area (Å²) in [5.74, 6) is 1.74. The molecule has 0 radical (unpaired) electrons. The van der Waals surface area contributed by atoms with Gasteiger partial charge >= 0.3 is 0 Å². The molecule has 0 amide bonds. The summed E-state index contributed by atoms with van der Waals surface area (Å²) in [6, 6.07) is 19.5. The van der Waals surface area contributed by atoms with Crippen LogP contribution in [0.15, 0.2) is 77.8 Å². The van der Waals surface area contributed by atoms with Gasteiger partial charge in [0.25, 0.3) is 0 Å². The van der Waals surface area contributed by atoms with Crippen LogP contribution >= 0.6 is 11.3 Å². The second-order valence-corrected chi connectivity index (χ2v) is 4.16. The lowest BCUT2D eigenvalue weighted by atomic mass is 10.3. The van der Waals surface area contributed by atoms with E-state index in [1.165, 1.54) is 0 Å². The molecule has 0 aliphatic heterocycles. The van der Waals surface area contributed by atoms with Gasteiger partial charge in [0.2, 0.25) is 0 Å². The van der Waals surface area contributed by atoms with E-state index >= 15 is 0 Å². The molecule has 3 rings (SSSR count). The van der Waals surface area contributed by atoms with Gasteiger partial charge < -0.3 is 4.74 Å². The summed E-state index contributed by atoms with van der Waals surface area (Å²) in [7, 11) is 0. The summed E-state index contributed by atoms with van der Waals surface area (Å²) in [5.41, 5.74) is 1.79. The van der Waals surface area contributed by atoms with Crippen LogP contribution in [0.2, 0.25) is 0 Å². The smallest absolute Gasteiger partial charge is 0.127 e. The lowest BCUT2D eigenvalue weighted by molar-refractivity contribution is 0.482. The number of nitrogens with zero attached hydrogens (tertiary/aromatic N) is 1. The van der Waals surface area contributed by atoms with Crippen LogP contribution in [0.1, 0.15) is 0 Å². The third-order valence-corrected chi connectivity index (χ3v) is 2.59. The molecule has 0 aliphatic rings. The minimum Gasteiger partial charge on any atom is -0.457 e. The van der Waals surface area contributed by atoms with Crippen molar-refractivity contribution in [3.63, 3.8) is 0 Å². The van der Waals surface area contributed by atoms with Gasteiger partial charge in [0.05, 0.1) is 5.51 Å². The Bertz CT molecular complexity index is 468. The summed E-state index contributed by atoms with van der Waals surface area (Å²) in [5, 5.41) is 1.93. The van der Waals surface area contributed by atoms with Crippen LogP contribution in [-0.2, 0) is 0 Å². The number of benzene rings is 2. The standard InChI is InChI=1S/C12H10O.C3H3NS/c1-3-7-11(8-4-1)13-12-9-5-2-6-10-12;1-2-5-3-4-1/h1-10H;1-3H. The van der Waals surface area contributed by atoms with Crippen molar-refractivity contribution in [1.29, 1.82) is 0 Å². The molecule has 0 bridgehead atoms.